The number of esters is 1. The summed E-state index contributed by atoms with van der Waals surface area (Å²) in [5.74, 6) is -0.671. The lowest BCUT2D eigenvalue weighted by Crippen LogP contribution is -2.22. The molecule has 0 spiro atoms. The standard InChI is InChI=1S/C17H16F3NO4S/c1-3-13-14(17(18,19)20)8-5-9-15(13)21(26(23)24)12-7-4-6-11(10-12)16(22)25-2/h4-10H,3H2,1-2H3,(H,23,24). The minimum absolute atomic E-state index is 0.00455. The van der Waals surface area contributed by atoms with Crippen molar-refractivity contribution in [2.45, 2.75) is 19.5 Å². The largest absolute Gasteiger partial charge is 0.465 e. The molecule has 0 bridgehead atoms. The monoisotopic (exact) mass is 387 g/mol. The molecule has 1 unspecified atom stereocenters. The summed E-state index contributed by atoms with van der Waals surface area (Å²) < 4.78 is 66.9. The van der Waals surface area contributed by atoms with Gasteiger partial charge in [0.2, 0.25) is 0 Å². The zero-order valence-corrected chi connectivity index (χ0v) is 14.7. The third-order valence-corrected chi connectivity index (χ3v) is 4.41. The summed E-state index contributed by atoms with van der Waals surface area (Å²) in [6, 6.07) is 8.99. The molecule has 0 aromatic heterocycles. The van der Waals surface area contributed by atoms with Crippen molar-refractivity contribution in [2.24, 2.45) is 0 Å². The molecule has 0 fully saturated rings. The molecule has 140 valence electrons. The molecule has 0 amide bonds. The summed E-state index contributed by atoms with van der Waals surface area (Å²) in [7, 11) is 1.18. The van der Waals surface area contributed by atoms with Gasteiger partial charge in [0.05, 0.1) is 29.6 Å². The van der Waals surface area contributed by atoms with Crippen LogP contribution >= 0.6 is 0 Å². The van der Waals surface area contributed by atoms with Gasteiger partial charge >= 0.3 is 12.1 Å². The van der Waals surface area contributed by atoms with Gasteiger partial charge in [-0.2, -0.15) is 13.2 Å². The molecular weight excluding hydrogens is 371 g/mol. The van der Waals surface area contributed by atoms with Gasteiger partial charge in [-0.25, -0.2) is 13.3 Å². The Morgan fingerprint density at radius 2 is 1.88 bits per heavy atom. The number of hydrogen-bond acceptors (Lipinski definition) is 3. The lowest BCUT2D eigenvalue weighted by molar-refractivity contribution is -0.138. The molecule has 0 saturated carbocycles. The highest BCUT2D eigenvalue weighted by atomic mass is 32.2. The highest BCUT2D eigenvalue weighted by Crippen LogP contribution is 2.39. The van der Waals surface area contributed by atoms with Crippen molar-refractivity contribution in [1.82, 2.24) is 0 Å². The topological polar surface area (TPSA) is 66.8 Å². The first-order chi connectivity index (χ1) is 12.2. The Morgan fingerprint density at radius 1 is 1.23 bits per heavy atom. The molecule has 0 aliphatic heterocycles. The van der Waals surface area contributed by atoms with Gasteiger partial charge < -0.3 is 4.74 Å². The molecule has 2 aromatic carbocycles. The summed E-state index contributed by atoms with van der Waals surface area (Å²) in [5.41, 5.74) is -0.874. The lowest BCUT2D eigenvalue weighted by atomic mass is 10.0. The molecular formula is C17H16F3NO4S. The molecule has 0 aliphatic rings. The van der Waals surface area contributed by atoms with Crippen molar-refractivity contribution in [2.75, 3.05) is 11.4 Å². The van der Waals surface area contributed by atoms with Gasteiger partial charge in [-0.1, -0.05) is 19.1 Å². The minimum Gasteiger partial charge on any atom is -0.465 e. The molecule has 1 atom stereocenters. The predicted octanol–water partition coefficient (Wildman–Crippen LogP) is 4.33. The van der Waals surface area contributed by atoms with Crippen molar-refractivity contribution in [3.05, 3.63) is 59.2 Å². The summed E-state index contributed by atoms with van der Waals surface area (Å²) in [4.78, 5) is 11.7. The Balaban J connectivity index is 2.67. The molecule has 2 aromatic rings. The zero-order valence-electron chi connectivity index (χ0n) is 13.9. The van der Waals surface area contributed by atoms with Crippen molar-refractivity contribution in [3.8, 4) is 0 Å². The SMILES string of the molecule is CCc1c(N(c2cccc(C(=O)OC)c2)S(=O)O)cccc1C(F)(F)F. The number of anilines is 2. The molecule has 1 N–H and O–H groups in total. The third-order valence-electron chi connectivity index (χ3n) is 3.69. The van der Waals surface area contributed by atoms with Crippen LogP contribution in [-0.4, -0.2) is 21.8 Å². The predicted molar refractivity (Wildman–Crippen MR) is 91.5 cm³/mol. The van der Waals surface area contributed by atoms with Crippen molar-refractivity contribution in [3.63, 3.8) is 0 Å². The quantitative estimate of drug-likeness (QED) is 0.613. The van der Waals surface area contributed by atoms with Crippen LogP contribution < -0.4 is 4.31 Å². The van der Waals surface area contributed by atoms with E-state index >= 15 is 0 Å². The summed E-state index contributed by atoms with van der Waals surface area (Å²) in [6.45, 7) is 1.53. The maximum absolute atomic E-state index is 13.3. The number of carbonyl (C=O) groups excluding carboxylic acids is 1. The summed E-state index contributed by atoms with van der Waals surface area (Å²) in [6.07, 6.45) is -4.60. The van der Waals surface area contributed by atoms with Gasteiger partial charge in [0.25, 0.3) is 11.3 Å². The second-order valence-electron chi connectivity index (χ2n) is 5.22. The molecule has 0 aliphatic carbocycles. The van der Waals surface area contributed by atoms with E-state index in [0.29, 0.717) is 0 Å². The van der Waals surface area contributed by atoms with Gasteiger partial charge in [-0.05, 0) is 42.3 Å². The van der Waals surface area contributed by atoms with Crippen molar-refractivity contribution in [1.29, 1.82) is 0 Å². The van der Waals surface area contributed by atoms with Crippen LogP contribution in [0.2, 0.25) is 0 Å². The van der Waals surface area contributed by atoms with E-state index in [0.717, 1.165) is 10.4 Å². The number of benzene rings is 2. The number of nitrogens with zero attached hydrogens (tertiary/aromatic N) is 1. The van der Waals surface area contributed by atoms with Crippen molar-refractivity contribution < 1.29 is 31.5 Å². The van der Waals surface area contributed by atoms with E-state index in [4.69, 9.17) is 0 Å². The molecule has 5 nitrogen and oxygen atoms in total. The van der Waals surface area contributed by atoms with E-state index in [1.165, 1.54) is 50.4 Å². The summed E-state index contributed by atoms with van der Waals surface area (Å²) in [5, 5.41) is 0. The van der Waals surface area contributed by atoms with Crippen molar-refractivity contribution >= 4 is 28.6 Å². The van der Waals surface area contributed by atoms with Gasteiger partial charge in [0, 0.05) is 0 Å². The number of alkyl halides is 3. The smallest absolute Gasteiger partial charge is 0.416 e. The zero-order chi connectivity index (χ0) is 19.5. The lowest BCUT2D eigenvalue weighted by Gasteiger charge is -2.25. The molecule has 0 saturated heterocycles. The van der Waals surface area contributed by atoms with E-state index in [1.54, 1.807) is 0 Å². The first-order valence-electron chi connectivity index (χ1n) is 7.49. The normalized spacial score (nSPS) is 12.5. The maximum atomic E-state index is 13.3. The van der Waals surface area contributed by atoms with E-state index in [9.17, 15) is 26.7 Å². The van der Waals surface area contributed by atoms with Gasteiger partial charge in [0.1, 0.15) is 0 Å². The first kappa shape index (κ1) is 19.9. The molecule has 0 heterocycles. The Hall–Kier alpha value is -2.39. The van der Waals surface area contributed by atoms with Crippen LogP contribution in [0.1, 0.15) is 28.4 Å². The van der Waals surface area contributed by atoms with Crippen LogP contribution in [0.15, 0.2) is 42.5 Å². The first-order valence-corrected chi connectivity index (χ1v) is 8.55. The number of methoxy groups -OCH3 is 1. The molecule has 26 heavy (non-hydrogen) atoms. The number of ether oxygens (including phenoxy) is 1. The number of hydrogen-bond donors (Lipinski definition) is 1. The second kappa shape index (κ2) is 7.88. The maximum Gasteiger partial charge on any atom is 0.416 e. The van der Waals surface area contributed by atoms with Gasteiger partial charge in [-0.15, -0.1) is 0 Å². The fourth-order valence-electron chi connectivity index (χ4n) is 2.59. The average Bonchev–Trinajstić information content (AvgIpc) is 2.60. The number of rotatable bonds is 5. The minimum atomic E-state index is -4.60. The number of halogens is 3. The third kappa shape index (κ3) is 4.05. The summed E-state index contributed by atoms with van der Waals surface area (Å²) >= 11 is -2.66. The highest BCUT2D eigenvalue weighted by molar-refractivity contribution is 7.81. The van der Waals surface area contributed by atoms with Crippen LogP contribution in [0.4, 0.5) is 24.5 Å². The fourth-order valence-corrected chi connectivity index (χ4v) is 3.23. The highest BCUT2D eigenvalue weighted by Gasteiger charge is 2.35. The van der Waals surface area contributed by atoms with E-state index < -0.39 is 29.0 Å². The molecule has 2 rings (SSSR count). The molecule has 9 heteroatoms. The second-order valence-corrected chi connectivity index (χ2v) is 6.05. The van der Waals surface area contributed by atoms with Crippen LogP contribution in [0.25, 0.3) is 0 Å². The Bertz CT molecular complexity index is 839. The number of carbonyl (C=O) groups is 1. The van der Waals surface area contributed by atoms with Crippen LogP contribution in [0, 0.1) is 0 Å². The fraction of sp³-hybridized carbons (Fsp3) is 0.235. The van der Waals surface area contributed by atoms with Crippen LogP contribution in [0.3, 0.4) is 0 Å². The van der Waals surface area contributed by atoms with Crippen LogP contribution in [0.5, 0.6) is 0 Å². The Morgan fingerprint density at radius 3 is 2.42 bits per heavy atom. The average molecular weight is 387 g/mol. The van der Waals surface area contributed by atoms with Gasteiger partial charge in [0.15, 0.2) is 0 Å². The van der Waals surface area contributed by atoms with E-state index in [1.807, 2.05) is 0 Å². The Labute approximate surface area is 150 Å². The van der Waals surface area contributed by atoms with Gasteiger partial charge in [-0.3, -0.25) is 4.55 Å². The van der Waals surface area contributed by atoms with Crippen LogP contribution in [-0.2, 0) is 28.6 Å². The van der Waals surface area contributed by atoms with E-state index in [-0.39, 0.29) is 28.9 Å². The Kier molecular flexibility index (Phi) is 6.04. The molecule has 0 radical (unpaired) electrons. The van der Waals surface area contributed by atoms with E-state index in [2.05, 4.69) is 4.74 Å².